The quantitative estimate of drug-likeness (QED) is 0.200. The van der Waals surface area contributed by atoms with E-state index in [4.69, 9.17) is 0 Å². The van der Waals surface area contributed by atoms with Crippen LogP contribution in [0, 0.1) is 11.8 Å². The zero-order valence-corrected chi connectivity index (χ0v) is 22.8. The molecule has 0 bridgehead atoms. The maximum absolute atomic E-state index is 12.6. The normalized spacial score (nSPS) is 23.2. The molecule has 2 aliphatic rings. The largest absolute Gasteiger partial charge is 1.00 e. The fraction of sp³-hybridized carbons (Fsp3) is 0.474. The fourth-order valence-corrected chi connectivity index (χ4v) is 6.18. The van der Waals surface area contributed by atoms with E-state index >= 15 is 0 Å². The fourth-order valence-electron chi connectivity index (χ4n) is 4.37. The monoisotopic (exact) mass is 519 g/mol. The van der Waals surface area contributed by atoms with Crippen molar-refractivity contribution < 1.29 is 62.6 Å². The van der Waals surface area contributed by atoms with Crippen LogP contribution in [0.2, 0.25) is 0 Å². The molecule has 0 saturated carbocycles. The van der Waals surface area contributed by atoms with Crippen molar-refractivity contribution in [1.29, 1.82) is 0 Å². The number of β-lactam (4-membered cyclic amide) rings is 1. The number of amides is 1. The number of nitrogens with zero attached hydrogens (tertiary/aromatic N) is 4. The van der Waals surface area contributed by atoms with Crippen molar-refractivity contribution in [3.05, 3.63) is 28.8 Å². The third kappa shape index (κ3) is 4.15. The van der Waals surface area contributed by atoms with Gasteiger partial charge in [-0.15, -0.1) is 11.3 Å². The summed E-state index contributed by atoms with van der Waals surface area (Å²) in [5.41, 5.74) is 0.186. The van der Waals surface area contributed by atoms with E-state index in [1.807, 2.05) is 0 Å². The molecule has 2 aromatic rings. The SMILES string of the molecule is C[C@@H](O)[C@H]1C(=O)N2C(C(=O)[O-])=C(c3cn4cnc(C(=O)CNS(=O)(=O)N(C)C)c4s3)[C@H](C)[C@H]12.[Na+]. The molecule has 34 heavy (non-hydrogen) atoms. The number of aromatic nitrogens is 2. The first-order valence-electron chi connectivity index (χ1n) is 10.0. The van der Waals surface area contributed by atoms with Crippen LogP contribution in [0.15, 0.2) is 18.2 Å². The third-order valence-electron chi connectivity index (χ3n) is 6.00. The molecular formula is C19H22N5NaO7S2. The smallest absolute Gasteiger partial charge is 0.543 e. The first-order valence-corrected chi connectivity index (χ1v) is 12.3. The molecule has 4 atom stereocenters. The number of rotatable bonds is 8. The summed E-state index contributed by atoms with van der Waals surface area (Å²) in [5, 5.41) is 21.9. The maximum atomic E-state index is 12.6. The maximum Gasteiger partial charge on any atom is 1.00 e. The summed E-state index contributed by atoms with van der Waals surface area (Å²) in [6.45, 7) is 2.77. The number of carboxylic acids is 1. The van der Waals surface area contributed by atoms with E-state index in [2.05, 4.69) is 9.71 Å². The first-order chi connectivity index (χ1) is 15.4. The number of aliphatic carboxylic acids is 1. The number of nitrogens with one attached hydrogen (secondary N) is 1. The van der Waals surface area contributed by atoms with Crippen LogP contribution in [0.3, 0.4) is 0 Å². The summed E-state index contributed by atoms with van der Waals surface area (Å²) in [7, 11) is -1.14. The zero-order chi connectivity index (χ0) is 24.4. The summed E-state index contributed by atoms with van der Waals surface area (Å²) in [5.74, 6) is -3.62. The van der Waals surface area contributed by atoms with Crippen LogP contribution in [-0.4, -0.2) is 82.6 Å². The summed E-state index contributed by atoms with van der Waals surface area (Å²) in [6.07, 6.45) is 2.05. The summed E-state index contributed by atoms with van der Waals surface area (Å²) in [6, 6.07) is -0.499. The van der Waals surface area contributed by atoms with Gasteiger partial charge in [0.05, 0.1) is 41.2 Å². The molecule has 1 saturated heterocycles. The van der Waals surface area contributed by atoms with E-state index in [0.29, 0.717) is 15.3 Å². The van der Waals surface area contributed by atoms with E-state index in [0.717, 1.165) is 15.6 Å². The van der Waals surface area contributed by atoms with Crippen LogP contribution in [0.1, 0.15) is 29.2 Å². The number of Topliss-reactive ketones (excluding diaryl/α,β-unsaturated/α-hetero) is 1. The Morgan fingerprint density at radius 1 is 1.38 bits per heavy atom. The summed E-state index contributed by atoms with van der Waals surface area (Å²) in [4.78, 5) is 43.2. The number of aliphatic hydroxyl groups is 1. The van der Waals surface area contributed by atoms with Crippen LogP contribution in [0.4, 0.5) is 0 Å². The van der Waals surface area contributed by atoms with E-state index in [1.165, 1.54) is 32.2 Å². The van der Waals surface area contributed by atoms with Crippen LogP contribution in [0.25, 0.3) is 10.4 Å². The molecule has 2 N–H and O–H groups in total. The Bertz CT molecular complexity index is 1310. The van der Waals surface area contributed by atoms with Gasteiger partial charge in [-0.05, 0) is 6.92 Å². The van der Waals surface area contributed by atoms with E-state index in [-0.39, 0.29) is 40.9 Å². The van der Waals surface area contributed by atoms with Gasteiger partial charge in [0, 0.05) is 31.8 Å². The van der Waals surface area contributed by atoms with Gasteiger partial charge in [0.1, 0.15) is 16.9 Å². The number of hydrogen-bond acceptors (Lipinski definition) is 9. The Kier molecular flexibility index (Phi) is 7.47. The van der Waals surface area contributed by atoms with Gasteiger partial charge in [0.2, 0.25) is 5.91 Å². The number of carbonyl (C=O) groups is 3. The molecule has 1 fully saturated rings. The van der Waals surface area contributed by atoms with Crippen molar-refractivity contribution in [2.24, 2.45) is 11.8 Å². The van der Waals surface area contributed by atoms with Gasteiger partial charge in [-0.1, -0.05) is 6.92 Å². The van der Waals surface area contributed by atoms with Gasteiger partial charge < -0.3 is 19.9 Å². The average Bonchev–Trinajstić information content (AvgIpc) is 3.35. The summed E-state index contributed by atoms with van der Waals surface area (Å²) < 4.78 is 28.4. The molecule has 12 nitrogen and oxygen atoms in total. The number of thiazole rings is 1. The van der Waals surface area contributed by atoms with Crippen molar-refractivity contribution in [1.82, 2.24) is 23.3 Å². The van der Waals surface area contributed by atoms with E-state index in [1.54, 1.807) is 17.5 Å². The molecule has 2 aromatic heterocycles. The van der Waals surface area contributed by atoms with Crippen LogP contribution >= 0.6 is 11.3 Å². The Morgan fingerprint density at radius 3 is 2.59 bits per heavy atom. The zero-order valence-electron chi connectivity index (χ0n) is 19.2. The molecule has 0 aliphatic carbocycles. The Hall–Kier alpha value is -1.65. The number of hydrogen-bond donors (Lipinski definition) is 2. The van der Waals surface area contributed by atoms with Gasteiger partial charge in [-0.25, -0.2) is 4.98 Å². The first kappa shape index (κ1) is 26.9. The number of ketones is 1. The Morgan fingerprint density at radius 2 is 2.03 bits per heavy atom. The van der Waals surface area contributed by atoms with Crippen molar-refractivity contribution >= 4 is 49.6 Å². The van der Waals surface area contributed by atoms with Gasteiger partial charge in [-0.2, -0.15) is 17.4 Å². The predicted octanol–water partition coefficient (Wildman–Crippen LogP) is -4.70. The topological polar surface area (TPSA) is 164 Å². The molecular weight excluding hydrogens is 497 g/mol. The molecule has 1 amide bonds. The molecule has 0 spiro atoms. The molecule has 178 valence electrons. The van der Waals surface area contributed by atoms with Crippen molar-refractivity contribution in [2.45, 2.75) is 26.0 Å². The van der Waals surface area contributed by atoms with Gasteiger partial charge in [-0.3, -0.25) is 14.0 Å². The predicted molar refractivity (Wildman–Crippen MR) is 115 cm³/mol. The average molecular weight is 520 g/mol. The van der Waals surface area contributed by atoms with Crippen LogP contribution in [-0.2, 0) is 19.8 Å². The molecule has 4 rings (SSSR count). The van der Waals surface area contributed by atoms with Crippen LogP contribution < -0.4 is 39.4 Å². The second-order valence-corrected chi connectivity index (χ2v) is 11.2. The second-order valence-electron chi connectivity index (χ2n) is 8.24. The van der Waals surface area contributed by atoms with Crippen molar-refractivity contribution in [3.8, 4) is 0 Å². The number of fused-ring (bicyclic) bond motifs is 2. The standard InChI is InChI=1S/C19H23N5O7S2.Na/c1-8-12(16(19(28)29)24-15(8)13(9(2)25)17(24)27)11-6-23-7-20-14(18(23)32-11)10(26)5-21-33(30,31)22(3)4;/h6-9,13,15,21,25H,5H2,1-4H3,(H,28,29);/q;+1/p-1/t8-,9+,13+,15+;/m0./s1. The summed E-state index contributed by atoms with van der Waals surface area (Å²) >= 11 is 1.11. The minimum Gasteiger partial charge on any atom is -0.543 e. The number of carboxylic acid groups (broad SMARTS) is 1. The third-order valence-corrected chi connectivity index (χ3v) is 8.62. The molecule has 15 heteroatoms. The molecule has 0 aromatic carbocycles. The number of imidazole rings is 1. The van der Waals surface area contributed by atoms with E-state index < -0.39 is 58.4 Å². The molecule has 2 aliphatic heterocycles. The number of carbonyl (C=O) groups excluding carboxylic acids is 3. The molecule has 0 radical (unpaired) electrons. The van der Waals surface area contributed by atoms with Gasteiger partial charge in [0.15, 0.2) is 5.78 Å². The van der Waals surface area contributed by atoms with Gasteiger partial charge >= 0.3 is 29.6 Å². The van der Waals surface area contributed by atoms with Crippen LogP contribution in [0.5, 0.6) is 0 Å². The Labute approximate surface area is 221 Å². The van der Waals surface area contributed by atoms with Gasteiger partial charge in [0.25, 0.3) is 10.2 Å². The molecule has 4 heterocycles. The van der Waals surface area contributed by atoms with E-state index in [9.17, 15) is 33.0 Å². The minimum absolute atomic E-state index is 0. The Balaban J connectivity index is 0.00000324. The minimum atomic E-state index is -3.80. The van der Waals surface area contributed by atoms with Crippen molar-refractivity contribution in [3.63, 3.8) is 0 Å². The van der Waals surface area contributed by atoms with Crippen molar-refractivity contribution in [2.75, 3.05) is 20.6 Å². The number of aliphatic hydroxyl groups excluding tert-OH is 1. The molecule has 0 unspecified atom stereocenters. The second kappa shape index (κ2) is 9.43.